The van der Waals surface area contributed by atoms with Crippen LogP contribution in [0.2, 0.25) is 0 Å². The molecule has 0 fully saturated rings. The molecule has 0 spiro atoms. The summed E-state index contributed by atoms with van der Waals surface area (Å²) >= 11 is 0. The van der Waals surface area contributed by atoms with Crippen LogP contribution in [0.4, 0.5) is 0 Å². The van der Waals surface area contributed by atoms with Gasteiger partial charge in [-0.3, -0.25) is 9.59 Å². The second-order valence-electron chi connectivity index (χ2n) is 13.5. The number of Topliss-reactive ketones (excluding diaryl/α,β-unsaturated/α-hetero) is 2. The molecule has 0 saturated carbocycles. The number of unbranched alkanes of at least 4 members (excludes halogenated alkanes) is 22. The summed E-state index contributed by atoms with van der Waals surface area (Å²) in [6.45, 7) is 5.36. The summed E-state index contributed by atoms with van der Waals surface area (Å²) < 4.78 is 0. The predicted molar refractivity (Wildman–Crippen MR) is 196 cm³/mol. The quantitative estimate of drug-likeness (QED) is 0.0563. The molecule has 3 nitrogen and oxygen atoms in total. The van der Waals surface area contributed by atoms with Crippen LogP contribution < -0.4 is 5.32 Å². The maximum atomic E-state index is 12.9. The molecule has 0 aromatic rings. The number of hydrogen-bond donors (Lipinski definition) is 1. The first kappa shape index (κ1) is 42.8. The highest BCUT2D eigenvalue weighted by molar-refractivity contribution is 5.87. The standard InChI is InChI=1S/C41H77NO2/c1-4-6-8-10-12-14-16-18-20-22-24-26-28-30-32-34-40(43)38-39(36-37-42-3)41(44)35-33-31-29-27-25-23-21-19-17-15-13-11-9-7-5-2/h18-21,39,42H,4-17,22-38H2,1-3H3/b20-18-,21-19-. The Kier molecular flexibility index (Phi) is 35.2. The molecule has 0 aliphatic carbocycles. The van der Waals surface area contributed by atoms with E-state index in [0.717, 1.165) is 38.6 Å². The number of carbonyl (C=O) groups is 2. The van der Waals surface area contributed by atoms with E-state index in [1.54, 1.807) is 0 Å². The van der Waals surface area contributed by atoms with E-state index >= 15 is 0 Å². The Morgan fingerprint density at radius 3 is 1.27 bits per heavy atom. The second-order valence-corrected chi connectivity index (χ2v) is 13.5. The van der Waals surface area contributed by atoms with Crippen molar-refractivity contribution in [1.82, 2.24) is 5.32 Å². The van der Waals surface area contributed by atoms with Crippen LogP contribution in [-0.2, 0) is 9.59 Å². The van der Waals surface area contributed by atoms with Gasteiger partial charge in [0.1, 0.15) is 11.6 Å². The molecule has 1 N–H and O–H groups in total. The third-order valence-corrected chi connectivity index (χ3v) is 9.07. The Labute approximate surface area is 276 Å². The van der Waals surface area contributed by atoms with Crippen LogP contribution in [0, 0.1) is 5.92 Å². The fourth-order valence-corrected chi connectivity index (χ4v) is 6.04. The average molecular weight is 616 g/mol. The lowest BCUT2D eigenvalue weighted by Gasteiger charge is -2.15. The maximum absolute atomic E-state index is 12.9. The number of ketones is 2. The lowest BCUT2D eigenvalue weighted by Crippen LogP contribution is -2.23. The summed E-state index contributed by atoms with van der Waals surface area (Å²) in [5.74, 6) is 0.521. The predicted octanol–water partition coefficient (Wildman–Crippen LogP) is 12.8. The summed E-state index contributed by atoms with van der Waals surface area (Å²) in [6.07, 6.45) is 45.1. The van der Waals surface area contributed by atoms with E-state index in [1.807, 2.05) is 7.05 Å². The van der Waals surface area contributed by atoms with Gasteiger partial charge in [0.2, 0.25) is 0 Å². The molecule has 0 aromatic carbocycles. The smallest absolute Gasteiger partial charge is 0.136 e. The van der Waals surface area contributed by atoms with Crippen molar-refractivity contribution < 1.29 is 9.59 Å². The maximum Gasteiger partial charge on any atom is 0.136 e. The van der Waals surface area contributed by atoms with Crippen molar-refractivity contribution in [2.24, 2.45) is 5.92 Å². The number of carbonyl (C=O) groups excluding carboxylic acids is 2. The minimum absolute atomic E-state index is 0.0881. The zero-order valence-electron chi connectivity index (χ0n) is 30.1. The van der Waals surface area contributed by atoms with Crippen LogP contribution in [0.1, 0.15) is 206 Å². The topological polar surface area (TPSA) is 46.2 Å². The molecular formula is C41H77NO2. The zero-order valence-corrected chi connectivity index (χ0v) is 30.1. The number of rotatable bonds is 36. The van der Waals surface area contributed by atoms with Gasteiger partial charge in [-0.1, -0.05) is 141 Å². The molecule has 258 valence electrons. The van der Waals surface area contributed by atoms with Crippen molar-refractivity contribution in [3.63, 3.8) is 0 Å². The summed E-state index contributed by atoms with van der Waals surface area (Å²) in [5.41, 5.74) is 0. The van der Waals surface area contributed by atoms with E-state index in [1.165, 1.54) is 141 Å². The van der Waals surface area contributed by atoms with Crippen molar-refractivity contribution in [1.29, 1.82) is 0 Å². The highest BCUT2D eigenvalue weighted by atomic mass is 16.1. The van der Waals surface area contributed by atoms with E-state index in [0.29, 0.717) is 30.8 Å². The minimum atomic E-state index is -0.0881. The molecule has 1 unspecified atom stereocenters. The summed E-state index contributed by atoms with van der Waals surface area (Å²) in [6, 6.07) is 0. The monoisotopic (exact) mass is 616 g/mol. The molecule has 3 heteroatoms. The molecule has 0 heterocycles. The van der Waals surface area contributed by atoms with Gasteiger partial charge in [-0.2, -0.15) is 0 Å². The van der Waals surface area contributed by atoms with Gasteiger partial charge in [0.15, 0.2) is 0 Å². The number of allylic oxidation sites excluding steroid dienone is 4. The average Bonchev–Trinajstić information content (AvgIpc) is 3.02. The fraction of sp³-hybridized carbons (Fsp3) is 0.854. The van der Waals surface area contributed by atoms with E-state index < -0.39 is 0 Å². The first-order valence-electron chi connectivity index (χ1n) is 19.6. The lowest BCUT2D eigenvalue weighted by atomic mass is 9.89. The molecule has 0 aliphatic rings. The van der Waals surface area contributed by atoms with Gasteiger partial charge in [-0.25, -0.2) is 0 Å². The molecule has 1 atom stereocenters. The van der Waals surface area contributed by atoms with Gasteiger partial charge < -0.3 is 5.32 Å². The molecule has 0 aliphatic heterocycles. The van der Waals surface area contributed by atoms with Gasteiger partial charge in [0, 0.05) is 25.2 Å². The minimum Gasteiger partial charge on any atom is -0.320 e. The SMILES string of the molecule is CCCCCCCC/C=C\CCCCCCCC(=O)CC(CCNC)C(=O)CCCCCCC/C=C\CCCCCCCC. The van der Waals surface area contributed by atoms with Crippen molar-refractivity contribution in [2.75, 3.05) is 13.6 Å². The fourth-order valence-electron chi connectivity index (χ4n) is 6.04. The van der Waals surface area contributed by atoms with Crippen LogP contribution in [0.5, 0.6) is 0 Å². The third kappa shape index (κ3) is 32.2. The third-order valence-electron chi connectivity index (χ3n) is 9.07. The Morgan fingerprint density at radius 2 is 0.864 bits per heavy atom. The zero-order chi connectivity index (χ0) is 32.2. The van der Waals surface area contributed by atoms with Crippen LogP contribution in [0.3, 0.4) is 0 Å². The van der Waals surface area contributed by atoms with Crippen molar-refractivity contribution in [3.8, 4) is 0 Å². The van der Waals surface area contributed by atoms with Crippen molar-refractivity contribution in [3.05, 3.63) is 24.3 Å². The summed E-state index contributed by atoms with van der Waals surface area (Å²) in [4.78, 5) is 25.6. The van der Waals surface area contributed by atoms with E-state index in [4.69, 9.17) is 0 Å². The van der Waals surface area contributed by atoms with E-state index in [-0.39, 0.29) is 5.92 Å². The Balaban J connectivity index is 3.81. The first-order chi connectivity index (χ1) is 21.7. The van der Waals surface area contributed by atoms with E-state index in [9.17, 15) is 9.59 Å². The molecule has 0 radical (unpaired) electrons. The van der Waals surface area contributed by atoms with Crippen LogP contribution in [0.25, 0.3) is 0 Å². The van der Waals surface area contributed by atoms with Gasteiger partial charge in [-0.15, -0.1) is 0 Å². The molecule has 0 bridgehead atoms. The second kappa shape index (κ2) is 36.3. The van der Waals surface area contributed by atoms with Crippen LogP contribution in [0.15, 0.2) is 24.3 Å². The Bertz CT molecular complexity index is 668. The number of hydrogen-bond acceptors (Lipinski definition) is 3. The van der Waals surface area contributed by atoms with Crippen molar-refractivity contribution in [2.45, 2.75) is 206 Å². The Morgan fingerprint density at radius 1 is 0.500 bits per heavy atom. The molecular weight excluding hydrogens is 538 g/mol. The molecule has 0 aromatic heterocycles. The lowest BCUT2D eigenvalue weighted by molar-refractivity contribution is -0.128. The molecule has 0 amide bonds. The largest absolute Gasteiger partial charge is 0.320 e. The van der Waals surface area contributed by atoms with Gasteiger partial charge in [0.05, 0.1) is 0 Å². The highest BCUT2D eigenvalue weighted by Crippen LogP contribution is 2.18. The van der Waals surface area contributed by atoms with Gasteiger partial charge in [0.25, 0.3) is 0 Å². The van der Waals surface area contributed by atoms with Gasteiger partial charge >= 0.3 is 0 Å². The summed E-state index contributed by atoms with van der Waals surface area (Å²) in [7, 11) is 1.93. The number of nitrogens with one attached hydrogen (secondary N) is 1. The normalized spacial score (nSPS) is 12.5. The first-order valence-corrected chi connectivity index (χ1v) is 19.6. The molecule has 0 saturated heterocycles. The van der Waals surface area contributed by atoms with Crippen molar-refractivity contribution >= 4 is 11.6 Å². The highest BCUT2D eigenvalue weighted by Gasteiger charge is 2.20. The van der Waals surface area contributed by atoms with Crippen LogP contribution in [-0.4, -0.2) is 25.2 Å². The molecule has 44 heavy (non-hydrogen) atoms. The Hall–Kier alpha value is -1.22. The van der Waals surface area contributed by atoms with E-state index in [2.05, 4.69) is 43.5 Å². The van der Waals surface area contributed by atoms with Crippen LogP contribution >= 0.6 is 0 Å². The summed E-state index contributed by atoms with van der Waals surface area (Å²) in [5, 5.41) is 3.17. The molecule has 0 rings (SSSR count). The van der Waals surface area contributed by atoms with Gasteiger partial charge in [-0.05, 0) is 84.2 Å².